The third kappa shape index (κ3) is 40.2. The van der Waals surface area contributed by atoms with Gasteiger partial charge in [-0.05, 0) is 57.8 Å². The number of allylic oxidation sites excluding steroid dienone is 4. The molecule has 0 N–H and O–H groups in total. The Balaban J connectivity index is 4.31. The number of ether oxygens (including phenoxy) is 2. The third-order valence-corrected chi connectivity index (χ3v) is 10.4. The van der Waals surface area contributed by atoms with E-state index in [0.29, 0.717) is 17.4 Å². The van der Waals surface area contributed by atoms with Gasteiger partial charge in [0.1, 0.15) is 19.8 Å². The van der Waals surface area contributed by atoms with Crippen LogP contribution in [0.3, 0.4) is 0 Å². The van der Waals surface area contributed by atoms with Gasteiger partial charge in [0.05, 0.1) is 27.7 Å². The lowest BCUT2D eigenvalue weighted by molar-refractivity contribution is -0.870. The van der Waals surface area contributed by atoms with Gasteiger partial charge in [-0.25, -0.2) is 0 Å². The molecular weight excluding hydrogens is 701 g/mol. The summed E-state index contributed by atoms with van der Waals surface area (Å²) in [6, 6.07) is 0. The van der Waals surface area contributed by atoms with Crippen LogP contribution in [-0.2, 0) is 32.7 Å². The van der Waals surface area contributed by atoms with Crippen molar-refractivity contribution in [1.29, 1.82) is 0 Å². The van der Waals surface area contributed by atoms with E-state index in [0.717, 1.165) is 64.2 Å². The van der Waals surface area contributed by atoms with Crippen molar-refractivity contribution < 1.29 is 42.1 Å². The number of quaternary nitrogens is 1. The molecule has 0 rings (SSSR count). The maximum atomic E-state index is 12.7. The van der Waals surface area contributed by atoms with E-state index in [1.54, 1.807) is 0 Å². The van der Waals surface area contributed by atoms with Crippen LogP contribution >= 0.6 is 7.82 Å². The number of nitrogens with zero attached hydrogens (tertiary/aromatic N) is 1. The van der Waals surface area contributed by atoms with Crippen LogP contribution in [0.15, 0.2) is 24.3 Å². The number of likely N-dealkylation sites (N-methyl/N-ethyl adjacent to an activating group) is 1. The molecule has 1 unspecified atom stereocenters. The second-order valence-electron chi connectivity index (χ2n) is 16.1. The Bertz CT molecular complexity index is 980. The molecule has 54 heavy (non-hydrogen) atoms. The van der Waals surface area contributed by atoms with Crippen LogP contribution in [0.5, 0.6) is 0 Å². The maximum absolute atomic E-state index is 12.7. The molecule has 0 aromatic carbocycles. The molecule has 0 aliphatic heterocycles. The van der Waals surface area contributed by atoms with Crippen LogP contribution < -0.4 is 4.89 Å². The number of phosphoric ester groups is 1. The molecule has 0 aromatic rings. The van der Waals surface area contributed by atoms with Gasteiger partial charge in [0.25, 0.3) is 7.82 Å². The molecule has 0 aliphatic rings. The highest BCUT2D eigenvalue weighted by Crippen LogP contribution is 2.38. The van der Waals surface area contributed by atoms with E-state index in [9.17, 15) is 19.0 Å². The van der Waals surface area contributed by atoms with Crippen molar-refractivity contribution in [2.24, 2.45) is 0 Å². The van der Waals surface area contributed by atoms with Crippen LogP contribution in [-0.4, -0.2) is 70.0 Å². The number of unbranched alkanes of at least 4 members (excludes halogenated alkanes) is 22. The molecule has 0 radical (unpaired) electrons. The first-order valence-corrected chi connectivity index (χ1v) is 23.5. The zero-order valence-electron chi connectivity index (χ0n) is 35.7. The van der Waals surface area contributed by atoms with E-state index in [2.05, 4.69) is 38.2 Å². The first kappa shape index (κ1) is 52.5. The molecular formula is C44H84NO8P. The molecule has 0 heterocycles. The van der Waals surface area contributed by atoms with Gasteiger partial charge in [-0.2, -0.15) is 0 Å². The summed E-state index contributed by atoms with van der Waals surface area (Å²) in [5, 5.41) is 0. The normalized spacial score (nSPS) is 13.8. The van der Waals surface area contributed by atoms with E-state index in [4.69, 9.17) is 18.5 Å². The molecule has 0 fully saturated rings. The molecule has 0 aromatic heterocycles. The fourth-order valence-corrected chi connectivity index (χ4v) is 6.65. The Morgan fingerprint density at radius 2 is 0.963 bits per heavy atom. The van der Waals surface area contributed by atoms with Crippen LogP contribution in [0.4, 0.5) is 0 Å². The number of hydrogen-bond acceptors (Lipinski definition) is 8. The molecule has 2 atom stereocenters. The van der Waals surface area contributed by atoms with Crippen molar-refractivity contribution in [2.75, 3.05) is 47.5 Å². The second kappa shape index (κ2) is 37.1. The summed E-state index contributed by atoms with van der Waals surface area (Å²) in [5.74, 6) is -0.845. The molecule has 0 saturated carbocycles. The minimum atomic E-state index is -4.62. The Morgan fingerprint density at radius 3 is 1.43 bits per heavy atom. The summed E-state index contributed by atoms with van der Waals surface area (Å²) in [4.78, 5) is 37.5. The zero-order valence-corrected chi connectivity index (χ0v) is 36.6. The first-order valence-electron chi connectivity index (χ1n) is 22.0. The highest BCUT2D eigenvalue weighted by Gasteiger charge is 2.21. The largest absolute Gasteiger partial charge is 0.756 e. The van der Waals surface area contributed by atoms with Crippen LogP contribution in [0.25, 0.3) is 0 Å². The summed E-state index contributed by atoms with van der Waals surface area (Å²) in [7, 11) is 1.16. The van der Waals surface area contributed by atoms with Gasteiger partial charge in [0.2, 0.25) is 0 Å². The predicted octanol–water partition coefficient (Wildman–Crippen LogP) is 11.7. The third-order valence-electron chi connectivity index (χ3n) is 9.44. The van der Waals surface area contributed by atoms with Crippen molar-refractivity contribution in [3.05, 3.63) is 24.3 Å². The van der Waals surface area contributed by atoms with Crippen LogP contribution in [0.2, 0.25) is 0 Å². The first-order chi connectivity index (χ1) is 26.0. The highest BCUT2D eigenvalue weighted by molar-refractivity contribution is 7.45. The van der Waals surface area contributed by atoms with Crippen molar-refractivity contribution in [3.63, 3.8) is 0 Å². The Kier molecular flexibility index (Phi) is 36.1. The summed E-state index contributed by atoms with van der Waals surface area (Å²) in [6.45, 7) is 4.18. The van der Waals surface area contributed by atoms with E-state index in [1.165, 1.54) is 96.3 Å². The van der Waals surface area contributed by atoms with Gasteiger partial charge in [-0.15, -0.1) is 0 Å². The van der Waals surface area contributed by atoms with E-state index in [1.807, 2.05) is 21.1 Å². The lowest BCUT2D eigenvalue weighted by Crippen LogP contribution is -2.37. The van der Waals surface area contributed by atoms with E-state index < -0.39 is 32.5 Å². The monoisotopic (exact) mass is 786 g/mol. The number of esters is 2. The van der Waals surface area contributed by atoms with Crippen LogP contribution in [0, 0.1) is 0 Å². The molecule has 0 bridgehead atoms. The standard InChI is InChI=1S/C44H84NO8P/c1-6-8-10-12-14-16-18-19-20-21-22-23-24-25-27-29-31-33-35-37-44(47)53-42(41-52-54(48,49)51-39-38-45(3,4)5)40-50-43(46)36-34-32-30-28-26-17-15-13-11-9-7-2/h13,15,19-20,42H,6-12,14,16-18,21-41H2,1-5H3/b15-13+,20-19+/t42-/m1/s1. The minimum Gasteiger partial charge on any atom is -0.756 e. The van der Waals surface area contributed by atoms with Gasteiger partial charge < -0.3 is 27.9 Å². The Hall–Kier alpha value is -1.51. The number of rotatable bonds is 40. The van der Waals surface area contributed by atoms with Gasteiger partial charge in [-0.3, -0.25) is 14.2 Å². The number of phosphoric acid groups is 1. The maximum Gasteiger partial charge on any atom is 0.306 e. The summed E-state index contributed by atoms with van der Waals surface area (Å²) in [5.41, 5.74) is 0. The summed E-state index contributed by atoms with van der Waals surface area (Å²) >= 11 is 0. The Morgan fingerprint density at radius 1 is 0.556 bits per heavy atom. The predicted molar refractivity (Wildman–Crippen MR) is 222 cm³/mol. The minimum absolute atomic E-state index is 0.0314. The van der Waals surface area contributed by atoms with Gasteiger partial charge >= 0.3 is 11.9 Å². The van der Waals surface area contributed by atoms with E-state index in [-0.39, 0.29) is 26.1 Å². The zero-order chi connectivity index (χ0) is 40.0. The van der Waals surface area contributed by atoms with E-state index >= 15 is 0 Å². The van der Waals surface area contributed by atoms with Crippen LogP contribution in [0.1, 0.15) is 194 Å². The molecule has 10 heteroatoms. The molecule has 9 nitrogen and oxygen atoms in total. The number of carbonyl (C=O) groups is 2. The van der Waals surface area contributed by atoms with Crippen molar-refractivity contribution in [2.45, 2.75) is 200 Å². The number of hydrogen-bond donors (Lipinski definition) is 0. The van der Waals surface area contributed by atoms with Gasteiger partial charge in [0.15, 0.2) is 6.10 Å². The molecule has 318 valence electrons. The van der Waals surface area contributed by atoms with Gasteiger partial charge in [0, 0.05) is 12.8 Å². The topological polar surface area (TPSA) is 111 Å². The summed E-state index contributed by atoms with van der Waals surface area (Å²) in [6.07, 6.45) is 39.2. The molecule has 0 aliphatic carbocycles. The molecule has 0 saturated heterocycles. The highest BCUT2D eigenvalue weighted by atomic mass is 31.2. The SMILES string of the molecule is CCCC/C=C/CCCCCCCC(=O)OC[C@H](COP(=O)([O-])OCC[N+](C)(C)C)OC(=O)CCCCCCCCCCC/C=C/CCCCCCCC. The second-order valence-corrected chi connectivity index (χ2v) is 17.5. The van der Waals surface area contributed by atoms with Crippen molar-refractivity contribution >= 4 is 19.8 Å². The quantitative estimate of drug-likeness (QED) is 0.0198. The fraction of sp³-hybridized carbons (Fsp3) is 0.864. The lowest BCUT2D eigenvalue weighted by atomic mass is 10.1. The van der Waals surface area contributed by atoms with Gasteiger partial charge in [-0.1, -0.05) is 147 Å². The average Bonchev–Trinajstić information content (AvgIpc) is 3.12. The molecule has 0 amide bonds. The fourth-order valence-electron chi connectivity index (χ4n) is 5.92. The van der Waals surface area contributed by atoms with Crippen molar-refractivity contribution in [1.82, 2.24) is 0 Å². The lowest BCUT2D eigenvalue weighted by Gasteiger charge is -2.28. The smallest absolute Gasteiger partial charge is 0.306 e. The number of carbonyl (C=O) groups excluding carboxylic acids is 2. The average molecular weight is 786 g/mol. The Labute approximate surface area is 332 Å². The molecule has 0 spiro atoms. The summed E-state index contributed by atoms with van der Waals surface area (Å²) < 4.78 is 33.8. The van der Waals surface area contributed by atoms with Crippen molar-refractivity contribution in [3.8, 4) is 0 Å².